The van der Waals surface area contributed by atoms with E-state index in [1.165, 1.54) is 0 Å². The van der Waals surface area contributed by atoms with E-state index in [2.05, 4.69) is 6.92 Å². The van der Waals surface area contributed by atoms with Gasteiger partial charge in [-0.1, -0.05) is 6.92 Å². The molecule has 6 aliphatic rings. The van der Waals surface area contributed by atoms with E-state index in [4.69, 9.17) is 9.47 Å². The lowest BCUT2D eigenvalue weighted by Crippen LogP contribution is -2.71. The van der Waals surface area contributed by atoms with E-state index >= 15 is 0 Å². The van der Waals surface area contributed by atoms with Crippen LogP contribution in [-0.4, -0.2) is 28.9 Å². The molecular formula is C19H18O5. The molecule has 4 fully saturated rings. The summed E-state index contributed by atoms with van der Waals surface area (Å²) in [4.78, 5) is 25.1. The summed E-state index contributed by atoms with van der Waals surface area (Å²) in [6.45, 7) is 3.95. The van der Waals surface area contributed by atoms with Crippen LogP contribution in [0.4, 0.5) is 0 Å². The lowest BCUT2D eigenvalue weighted by Gasteiger charge is -2.60. The SMILES string of the molecule is Cc1cc(=O)cc2c3c1[C@@H]1O[C@@H]4[C@@H](C)[C@@]5(CC2)C(=O)O[C@@H]4[C@]1(O)[C@@H]35. The summed E-state index contributed by atoms with van der Waals surface area (Å²) in [5, 5.41) is 11.7. The second-order valence-electron chi connectivity index (χ2n) is 8.18. The van der Waals surface area contributed by atoms with E-state index in [0.29, 0.717) is 12.8 Å². The maximum Gasteiger partial charge on any atom is 0.313 e. The first-order valence-electron chi connectivity index (χ1n) is 8.67. The molecular weight excluding hydrogens is 308 g/mol. The Morgan fingerprint density at radius 2 is 2.04 bits per heavy atom. The maximum absolute atomic E-state index is 12.9. The summed E-state index contributed by atoms with van der Waals surface area (Å²) in [5.41, 5.74) is 1.77. The zero-order valence-electron chi connectivity index (χ0n) is 13.5. The van der Waals surface area contributed by atoms with E-state index in [0.717, 1.165) is 22.3 Å². The first-order valence-corrected chi connectivity index (χ1v) is 8.67. The molecule has 3 aliphatic carbocycles. The summed E-state index contributed by atoms with van der Waals surface area (Å²) in [7, 11) is 0. The lowest BCUT2D eigenvalue weighted by molar-refractivity contribution is -0.243. The number of aliphatic hydroxyl groups is 1. The highest BCUT2D eigenvalue weighted by Gasteiger charge is 2.83. The van der Waals surface area contributed by atoms with Crippen LogP contribution in [0, 0.1) is 18.3 Å². The van der Waals surface area contributed by atoms with Gasteiger partial charge in [-0.3, -0.25) is 9.59 Å². The van der Waals surface area contributed by atoms with Crippen LogP contribution in [-0.2, 0) is 20.7 Å². The topological polar surface area (TPSA) is 72.8 Å². The molecule has 3 heterocycles. The monoisotopic (exact) mass is 326 g/mol. The van der Waals surface area contributed by atoms with Gasteiger partial charge in [-0.05, 0) is 54.2 Å². The van der Waals surface area contributed by atoms with Crippen molar-refractivity contribution in [1.82, 2.24) is 0 Å². The normalized spacial score (nSPS) is 48.6. The van der Waals surface area contributed by atoms with Crippen molar-refractivity contribution >= 4 is 5.97 Å². The molecule has 0 amide bonds. The van der Waals surface area contributed by atoms with Crippen molar-refractivity contribution in [2.75, 3.05) is 0 Å². The third-order valence-electron chi connectivity index (χ3n) is 7.46. The number of hydrogen-bond donors (Lipinski definition) is 1. The van der Waals surface area contributed by atoms with Gasteiger partial charge in [0.2, 0.25) is 0 Å². The van der Waals surface area contributed by atoms with Crippen LogP contribution in [0.1, 0.15) is 47.6 Å². The largest absolute Gasteiger partial charge is 0.456 e. The van der Waals surface area contributed by atoms with Crippen LogP contribution >= 0.6 is 0 Å². The van der Waals surface area contributed by atoms with Crippen molar-refractivity contribution in [1.29, 1.82) is 0 Å². The number of aryl methyl sites for hydroxylation is 2. The van der Waals surface area contributed by atoms with Gasteiger partial charge in [0.05, 0.1) is 5.41 Å². The van der Waals surface area contributed by atoms with Crippen molar-refractivity contribution in [3.8, 4) is 0 Å². The minimum atomic E-state index is -1.19. The maximum atomic E-state index is 12.9. The van der Waals surface area contributed by atoms with E-state index in [9.17, 15) is 14.7 Å². The first kappa shape index (κ1) is 13.6. The van der Waals surface area contributed by atoms with Gasteiger partial charge < -0.3 is 14.6 Å². The molecule has 3 saturated heterocycles. The Kier molecular flexibility index (Phi) is 2.04. The number of carbonyl (C=O) groups excluding carboxylic acids is 1. The van der Waals surface area contributed by atoms with Crippen LogP contribution in [0.15, 0.2) is 16.9 Å². The number of ether oxygens (including phenoxy) is 2. The van der Waals surface area contributed by atoms with Crippen LogP contribution < -0.4 is 5.43 Å². The van der Waals surface area contributed by atoms with Crippen LogP contribution in [0.5, 0.6) is 0 Å². The van der Waals surface area contributed by atoms with Gasteiger partial charge in [0, 0.05) is 11.8 Å². The van der Waals surface area contributed by atoms with Gasteiger partial charge in [-0.2, -0.15) is 0 Å². The molecule has 1 aromatic rings. The zero-order chi connectivity index (χ0) is 16.6. The lowest BCUT2D eigenvalue weighted by atomic mass is 9.48. The standard InChI is InChI=1S/C19H18O5/c1-7-5-10(20)6-9-3-4-18-8(2)13-16(24-17(18)21)19(22)14(18)12(9)11(7)15(19)23-13/h5-6,8,13-16,22H,3-4H2,1-2H3/t8-,13-,14+,15+,16+,18-,19+/m1/s1. The summed E-state index contributed by atoms with van der Waals surface area (Å²) in [5.74, 6) is -0.503. The van der Waals surface area contributed by atoms with Crippen molar-refractivity contribution in [3.63, 3.8) is 0 Å². The Labute approximate surface area is 138 Å². The van der Waals surface area contributed by atoms with Crippen molar-refractivity contribution in [3.05, 3.63) is 44.6 Å². The number of rotatable bonds is 0. The second-order valence-corrected chi connectivity index (χ2v) is 8.18. The summed E-state index contributed by atoms with van der Waals surface area (Å²) in [6, 6.07) is 3.30. The van der Waals surface area contributed by atoms with Crippen molar-refractivity contribution in [2.24, 2.45) is 11.3 Å². The number of esters is 1. The summed E-state index contributed by atoms with van der Waals surface area (Å²) in [6.07, 6.45) is -0.101. The van der Waals surface area contributed by atoms with Gasteiger partial charge >= 0.3 is 5.97 Å². The van der Waals surface area contributed by atoms with Gasteiger partial charge in [0.1, 0.15) is 17.8 Å². The quantitative estimate of drug-likeness (QED) is 0.724. The van der Waals surface area contributed by atoms with Crippen LogP contribution in [0.2, 0.25) is 0 Å². The molecule has 1 spiro atoms. The third kappa shape index (κ3) is 1.06. The Morgan fingerprint density at radius 3 is 2.83 bits per heavy atom. The highest BCUT2D eigenvalue weighted by molar-refractivity contribution is 5.84. The van der Waals surface area contributed by atoms with E-state index in [1.54, 1.807) is 12.1 Å². The molecule has 5 heteroatoms. The molecule has 1 N–H and O–H groups in total. The van der Waals surface area contributed by atoms with Crippen molar-refractivity contribution < 1.29 is 19.4 Å². The van der Waals surface area contributed by atoms with Crippen LogP contribution in [0.3, 0.4) is 0 Å². The number of carbonyl (C=O) groups is 1. The summed E-state index contributed by atoms with van der Waals surface area (Å²) < 4.78 is 12.0. The molecule has 3 aliphatic heterocycles. The minimum Gasteiger partial charge on any atom is -0.456 e. The summed E-state index contributed by atoms with van der Waals surface area (Å²) >= 11 is 0. The zero-order valence-corrected chi connectivity index (χ0v) is 13.5. The fourth-order valence-corrected chi connectivity index (χ4v) is 6.57. The molecule has 124 valence electrons. The van der Waals surface area contributed by atoms with Gasteiger partial charge in [0.25, 0.3) is 0 Å². The Morgan fingerprint density at radius 1 is 1.25 bits per heavy atom. The molecule has 0 unspecified atom stereocenters. The van der Waals surface area contributed by atoms with E-state index < -0.39 is 23.2 Å². The minimum absolute atomic E-state index is 0.0119. The predicted molar refractivity (Wildman–Crippen MR) is 82.6 cm³/mol. The number of hydrogen-bond acceptors (Lipinski definition) is 5. The van der Waals surface area contributed by atoms with Gasteiger partial charge in [-0.25, -0.2) is 0 Å². The average Bonchev–Trinajstić information content (AvgIpc) is 2.88. The predicted octanol–water partition coefficient (Wildman–Crippen LogP) is 1.13. The Hall–Kier alpha value is -1.72. The fourth-order valence-electron chi connectivity index (χ4n) is 6.57. The van der Waals surface area contributed by atoms with Gasteiger partial charge in [0.15, 0.2) is 11.5 Å². The molecule has 1 aromatic carbocycles. The smallest absolute Gasteiger partial charge is 0.313 e. The Bertz CT molecular complexity index is 907. The fraction of sp³-hybridized carbons (Fsp3) is 0.579. The average molecular weight is 326 g/mol. The van der Waals surface area contributed by atoms with E-state index in [-0.39, 0.29) is 29.3 Å². The molecule has 0 radical (unpaired) electrons. The van der Waals surface area contributed by atoms with Gasteiger partial charge in [-0.15, -0.1) is 0 Å². The molecule has 24 heavy (non-hydrogen) atoms. The van der Waals surface area contributed by atoms with E-state index in [1.807, 2.05) is 6.92 Å². The van der Waals surface area contributed by atoms with Crippen LogP contribution in [0.25, 0.3) is 0 Å². The third-order valence-corrected chi connectivity index (χ3v) is 7.46. The van der Waals surface area contributed by atoms with Crippen molar-refractivity contribution in [2.45, 2.75) is 56.5 Å². The molecule has 1 saturated carbocycles. The highest BCUT2D eigenvalue weighted by atomic mass is 16.6. The highest BCUT2D eigenvalue weighted by Crippen LogP contribution is 2.75. The molecule has 5 nitrogen and oxygen atoms in total. The second kappa shape index (κ2) is 3.60. The molecule has 7 rings (SSSR count). The molecule has 0 aromatic heterocycles. The number of fused-ring (bicyclic) bond motifs is 2. The first-order chi connectivity index (χ1) is 11.4. The molecule has 7 atom stereocenters. The molecule has 4 bridgehead atoms. The Balaban J connectivity index is 1.81.